The molecule has 1 aliphatic carbocycles. The van der Waals surface area contributed by atoms with Gasteiger partial charge in [0.1, 0.15) is 13.2 Å². The quantitative estimate of drug-likeness (QED) is 0.512. The number of carbonyl (C=O) groups is 3. The van der Waals surface area contributed by atoms with Gasteiger partial charge in [0.25, 0.3) is 0 Å². The Morgan fingerprint density at radius 1 is 0.938 bits per heavy atom. The van der Waals surface area contributed by atoms with Gasteiger partial charge in [-0.15, -0.1) is 0 Å². The number of rotatable bonds is 6. The van der Waals surface area contributed by atoms with Crippen molar-refractivity contribution in [3.63, 3.8) is 0 Å². The number of nitrogens with one attached hydrogen (secondary N) is 2. The topological polar surface area (TPSA) is 105 Å². The third-order valence-corrected chi connectivity index (χ3v) is 5.54. The van der Waals surface area contributed by atoms with E-state index in [-0.39, 0.29) is 35.3 Å². The SMILES string of the molecule is O=C(CNC(=O)OCC1c2ccccc2-c2ccccc21)Nc1ccc(C(=O)O)cc1Cl. The minimum Gasteiger partial charge on any atom is -0.478 e. The summed E-state index contributed by atoms with van der Waals surface area (Å²) in [5.74, 6) is -1.72. The number of amides is 2. The van der Waals surface area contributed by atoms with Crippen LogP contribution in [0.15, 0.2) is 66.7 Å². The first-order valence-corrected chi connectivity index (χ1v) is 10.2. The molecule has 0 radical (unpaired) electrons. The van der Waals surface area contributed by atoms with E-state index in [9.17, 15) is 14.4 Å². The van der Waals surface area contributed by atoms with Gasteiger partial charge in [0.05, 0.1) is 16.3 Å². The number of anilines is 1. The summed E-state index contributed by atoms with van der Waals surface area (Å²) >= 11 is 6.00. The highest BCUT2D eigenvalue weighted by atomic mass is 35.5. The minimum absolute atomic E-state index is 0.00441. The maximum Gasteiger partial charge on any atom is 0.407 e. The van der Waals surface area contributed by atoms with Crippen LogP contribution < -0.4 is 10.6 Å². The number of fused-ring (bicyclic) bond motifs is 3. The number of carboxylic acids is 1. The lowest BCUT2D eigenvalue weighted by Crippen LogP contribution is -2.34. The Balaban J connectivity index is 1.31. The molecule has 0 fully saturated rings. The summed E-state index contributed by atoms with van der Waals surface area (Å²) in [6.07, 6.45) is -0.714. The fourth-order valence-corrected chi connectivity index (χ4v) is 3.97. The molecule has 3 aromatic carbocycles. The summed E-state index contributed by atoms with van der Waals surface area (Å²) < 4.78 is 5.38. The van der Waals surface area contributed by atoms with Gasteiger partial charge in [-0.05, 0) is 40.5 Å². The zero-order valence-electron chi connectivity index (χ0n) is 16.8. The summed E-state index contributed by atoms with van der Waals surface area (Å²) in [7, 11) is 0. The molecule has 0 spiro atoms. The fourth-order valence-electron chi connectivity index (χ4n) is 3.75. The molecular weight excluding hydrogens is 432 g/mol. The molecule has 3 N–H and O–H groups in total. The third-order valence-electron chi connectivity index (χ3n) is 5.23. The number of halogens is 1. The molecule has 4 rings (SSSR count). The zero-order valence-corrected chi connectivity index (χ0v) is 17.6. The predicted molar refractivity (Wildman–Crippen MR) is 120 cm³/mol. The van der Waals surface area contributed by atoms with Crippen molar-refractivity contribution >= 4 is 35.3 Å². The van der Waals surface area contributed by atoms with E-state index in [1.54, 1.807) is 0 Å². The number of alkyl carbamates (subject to hydrolysis) is 1. The van der Waals surface area contributed by atoms with E-state index in [1.165, 1.54) is 18.2 Å². The molecule has 3 aromatic rings. The maximum absolute atomic E-state index is 12.2. The molecule has 0 heterocycles. The van der Waals surface area contributed by atoms with Gasteiger partial charge in [0.15, 0.2) is 0 Å². The Bertz CT molecular complexity index is 1160. The van der Waals surface area contributed by atoms with E-state index in [1.807, 2.05) is 48.5 Å². The minimum atomic E-state index is -1.12. The Labute approximate surface area is 189 Å². The molecule has 162 valence electrons. The normalized spacial score (nSPS) is 11.9. The first-order chi connectivity index (χ1) is 15.4. The summed E-state index contributed by atoms with van der Waals surface area (Å²) in [5.41, 5.74) is 4.70. The van der Waals surface area contributed by atoms with E-state index in [4.69, 9.17) is 21.4 Å². The summed E-state index contributed by atoms with van der Waals surface area (Å²) in [6, 6.07) is 19.9. The van der Waals surface area contributed by atoms with Crippen molar-refractivity contribution in [3.8, 4) is 11.1 Å². The maximum atomic E-state index is 12.2. The molecule has 0 saturated heterocycles. The highest BCUT2D eigenvalue weighted by molar-refractivity contribution is 6.34. The zero-order chi connectivity index (χ0) is 22.7. The lowest BCUT2D eigenvalue weighted by molar-refractivity contribution is -0.115. The number of hydrogen-bond acceptors (Lipinski definition) is 4. The second-order valence-electron chi connectivity index (χ2n) is 7.23. The van der Waals surface area contributed by atoms with Gasteiger partial charge < -0.3 is 20.5 Å². The van der Waals surface area contributed by atoms with Crippen molar-refractivity contribution < 1.29 is 24.2 Å². The number of carboxylic acid groups (broad SMARTS) is 1. The van der Waals surface area contributed by atoms with Crippen molar-refractivity contribution in [1.29, 1.82) is 0 Å². The standard InChI is InChI=1S/C24H19ClN2O5/c25-20-11-14(23(29)30)9-10-21(20)27-22(28)12-26-24(31)32-13-19-17-7-3-1-5-15(17)16-6-2-4-8-18(16)19/h1-11,19H,12-13H2,(H,26,31)(H,27,28)(H,29,30). The molecule has 0 atom stereocenters. The molecule has 0 aromatic heterocycles. The van der Waals surface area contributed by atoms with Crippen molar-refractivity contribution in [2.24, 2.45) is 0 Å². The van der Waals surface area contributed by atoms with Crippen LogP contribution in [-0.2, 0) is 9.53 Å². The average molecular weight is 451 g/mol. The van der Waals surface area contributed by atoms with Crippen molar-refractivity contribution in [3.05, 3.63) is 88.4 Å². The van der Waals surface area contributed by atoms with Crippen LogP contribution >= 0.6 is 11.6 Å². The van der Waals surface area contributed by atoms with E-state index < -0.39 is 18.0 Å². The average Bonchev–Trinajstić information content (AvgIpc) is 3.11. The van der Waals surface area contributed by atoms with Crippen LogP contribution in [0.2, 0.25) is 5.02 Å². The van der Waals surface area contributed by atoms with Crippen LogP contribution in [0, 0.1) is 0 Å². The number of benzene rings is 3. The van der Waals surface area contributed by atoms with Crippen LogP contribution in [0.1, 0.15) is 27.4 Å². The number of hydrogen-bond donors (Lipinski definition) is 3. The molecule has 32 heavy (non-hydrogen) atoms. The second-order valence-corrected chi connectivity index (χ2v) is 7.63. The number of carbonyl (C=O) groups excluding carboxylic acids is 2. The van der Waals surface area contributed by atoms with Gasteiger partial charge in [-0.3, -0.25) is 4.79 Å². The smallest absolute Gasteiger partial charge is 0.407 e. The molecular formula is C24H19ClN2O5. The van der Waals surface area contributed by atoms with Gasteiger partial charge in [0, 0.05) is 5.92 Å². The van der Waals surface area contributed by atoms with Gasteiger partial charge in [-0.2, -0.15) is 0 Å². The van der Waals surface area contributed by atoms with Crippen LogP contribution in [-0.4, -0.2) is 36.2 Å². The molecule has 0 saturated carbocycles. The van der Waals surface area contributed by atoms with Crippen LogP contribution in [0.3, 0.4) is 0 Å². The number of aromatic carboxylic acids is 1. The van der Waals surface area contributed by atoms with Crippen LogP contribution in [0.5, 0.6) is 0 Å². The van der Waals surface area contributed by atoms with E-state index >= 15 is 0 Å². The van der Waals surface area contributed by atoms with Gasteiger partial charge >= 0.3 is 12.1 Å². The molecule has 7 nitrogen and oxygen atoms in total. The lowest BCUT2D eigenvalue weighted by Gasteiger charge is -2.14. The Morgan fingerprint density at radius 2 is 1.56 bits per heavy atom. The van der Waals surface area contributed by atoms with Gasteiger partial charge in [-0.25, -0.2) is 9.59 Å². The highest BCUT2D eigenvalue weighted by Crippen LogP contribution is 2.44. The molecule has 2 amide bonds. The molecule has 0 aliphatic heterocycles. The summed E-state index contributed by atoms with van der Waals surface area (Å²) in [4.78, 5) is 35.2. The molecule has 8 heteroatoms. The largest absolute Gasteiger partial charge is 0.478 e. The molecule has 0 bridgehead atoms. The first-order valence-electron chi connectivity index (χ1n) is 9.85. The predicted octanol–water partition coefficient (Wildman–Crippen LogP) is 4.52. The van der Waals surface area contributed by atoms with Crippen molar-refractivity contribution in [1.82, 2.24) is 5.32 Å². The van der Waals surface area contributed by atoms with E-state index in [0.717, 1.165) is 22.3 Å². The van der Waals surface area contributed by atoms with Crippen molar-refractivity contribution in [2.75, 3.05) is 18.5 Å². The van der Waals surface area contributed by atoms with E-state index in [0.29, 0.717) is 0 Å². The van der Waals surface area contributed by atoms with Crippen LogP contribution in [0.25, 0.3) is 11.1 Å². The summed E-state index contributed by atoms with van der Waals surface area (Å²) in [6.45, 7) is -0.183. The monoisotopic (exact) mass is 450 g/mol. The van der Waals surface area contributed by atoms with Crippen molar-refractivity contribution in [2.45, 2.75) is 5.92 Å². The highest BCUT2D eigenvalue weighted by Gasteiger charge is 2.29. The second kappa shape index (κ2) is 9.11. The van der Waals surface area contributed by atoms with Crippen LogP contribution in [0.4, 0.5) is 10.5 Å². The third kappa shape index (κ3) is 4.43. The van der Waals surface area contributed by atoms with E-state index in [2.05, 4.69) is 10.6 Å². The fraction of sp³-hybridized carbons (Fsp3) is 0.125. The molecule has 0 unspecified atom stereocenters. The Hall–Kier alpha value is -3.84. The Kier molecular flexibility index (Phi) is 6.09. The van der Waals surface area contributed by atoms with Gasteiger partial charge in [0.2, 0.25) is 5.91 Å². The van der Waals surface area contributed by atoms with Gasteiger partial charge in [-0.1, -0.05) is 60.1 Å². The first kappa shape index (κ1) is 21.4. The molecule has 1 aliphatic rings. The Morgan fingerprint density at radius 3 is 2.16 bits per heavy atom. The lowest BCUT2D eigenvalue weighted by atomic mass is 9.98. The summed E-state index contributed by atoms with van der Waals surface area (Å²) in [5, 5.41) is 14.0. The number of ether oxygens (including phenoxy) is 1.